The highest BCUT2D eigenvalue weighted by atomic mass is 32.1. The van der Waals surface area contributed by atoms with E-state index < -0.39 is 0 Å². The summed E-state index contributed by atoms with van der Waals surface area (Å²) in [5, 5.41) is 5.29. The molecule has 3 heterocycles. The third-order valence-electron chi connectivity index (χ3n) is 5.89. The van der Waals surface area contributed by atoms with Crippen molar-refractivity contribution in [3.05, 3.63) is 108 Å². The van der Waals surface area contributed by atoms with Gasteiger partial charge >= 0.3 is 0 Å². The zero-order valence-electron chi connectivity index (χ0n) is 20.0. The molecule has 37 heavy (non-hydrogen) atoms. The van der Waals surface area contributed by atoms with Crippen LogP contribution in [0.2, 0.25) is 0 Å². The van der Waals surface area contributed by atoms with Crippen LogP contribution >= 0.6 is 11.3 Å². The maximum Gasteiger partial charge on any atom is 0.227 e. The molecule has 0 saturated carbocycles. The van der Waals surface area contributed by atoms with Crippen molar-refractivity contribution in [3.63, 3.8) is 0 Å². The normalized spacial score (nSPS) is 10.9. The average molecular weight is 506 g/mol. The van der Waals surface area contributed by atoms with Crippen molar-refractivity contribution in [2.75, 3.05) is 12.4 Å². The van der Waals surface area contributed by atoms with Gasteiger partial charge in [0.15, 0.2) is 4.96 Å². The van der Waals surface area contributed by atoms with Crippen molar-refractivity contribution in [1.29, 1.82) is 0 Å². The lowest BCUT2D eigenvalue weighted by Gasteiger charge is -2.11. The molecule has 0 amide bonds. The van der Waals surface area contributed by atoms with E-state index >= 15 is 0 Å². The second-order valence-corrected chi connectivity index (χ2v) is 9.13. The van der Waals surface area contributed by atoms with Crippen LogP contribution in [-0.4, -0.2) is 26.5 Å². The van der Waals surface area contributed by atoms with Crippen LogP contribution in [0.15, 0.2) is 103 Å². The van der Waals surface area contributed by atoms with E-state index in [1.54, 1.807) is 24.6 Å². The highest BCUT2D eigenvalue weighted by Crippen LogP contribution is 2.35. The first kappa shape index (κ1) is 22.8. The van der Waals surface area contributed by atoms with Gasteiger partial charge in [-0.3, -0.25) is 4.40 Å². The summed E-state index contributed by atoms with van der Waals surface area (Å²) in [6.07, 6.45) is 3.76. The van der Waals surface area contributed by atoms with E-state index in [0.29, 0.717) is 12.6 Å². The Morgan fingerprint density at radius 2 is 1.70 bits per heavy atom. The predicted molar refractivity (Wildman–Crippen MR) is 147 cm³/mol. The molecule has 8 heteroatoms. The molecular weight excluding hydrogens is 482 g/mol. The molecule has 0 aliphatic carbocycles. The molecule has 0 aliphatic rings. The molecular formula is C29H23N5O2S. The molecule has 0 aliphatic heterocycles. The molecule has 0 unspecified atom stereocenters. The lowest BCUT2D eigenvalue weighted by molar-refractivity contribution is 0.306. The van der Waals surface area contributed by atoms with Gasteiger partial charge in [-0.05, 0) is 48.0 Å². The average Bonchev–Trinajstić information content (AvgIpc) is 3.55. The summed E-state index contributed by atoms with van der Waals surface area (Å²) in [6.45, 7) is 0.522. The van der Waals surface area contributed by atoms with Crippen LogP contribution in [0.4, 0.5) is 11.6 Å². The van der Waals surface area contributed by atoms with Crippen LogP contribution in [0, 0.1) is 0 Å². The van der Waals surface area contributed by atoms with Gasteiger partial charge in [0.25, 0.3) is 0 Å². The zero-order valence-corrected chi connectivity index (χ0v) is 20.9. The molecule has 0 bridgehead atoms. The number of hydrogen-bond donors (Lipinski definition) is 1. The third kappa shape index (κ3) is 4.74. The zero-order chi connectivity index (χ0) is 25.0. The third-order valence-corrected chi connectivity index (χ3v) is 6.65. The van der Waals surface area contributed by atoms with Crippen LogP contribution in [0.1, 0.15) is 5.56 Å². The van der Waals surface area contributed by atoms with Gasteiger partial charge in [-0.2, -0.15) is 0 Å². The minimum atomic E-state index is 0.475. The first-order valence-corrected chi connectivity index (χ1v) is 12.6. The Morgan fingerprint density at radius 1 is 0.892 bits per heavy atom. The predicted octanol–water partition coefficient (Wildman–Crippen LogP) is 6.85. The molecule has 182 valence electrons. The topological polar surface area (TPSA) is 73.6 Å². The molecule has 0 atom stereocenters. The van der Waals surface area contributed by atoms with Gasteiger partial charge in [0.1, 0.15) is 23.8 Å². The highest BCUT2D eigenvalue weighted by molar-refractivity contribution is 7.15. The minimum absolute atomic E-state index is 0.475. The Labute approximate surface area is 218 Å². The fraction of sp³-hybridized carbons (Fsp3) is 0.0690. The van der Waals surface area contributed by atoms with E-state index in [1.807, 2.05) is 84.4 Å². The molecule has 7 nitrogen and oxygen atoms in total. The first-order valence-electron chi connectivity index (χ1n) is 11.7. The Morgan fingerprint density at radius 3 is 2.54 bits per heavy atom. The fourth-order valence-electron chi connectivity index (χ4n) is 4.10. The first-order chi connectivity index (χ1) is 18.3. The maximum absolute atomic E-state index is 5.97. The van der Waals surface area contributed by atoms with Gasteiger partial charge in [-0.15, -0.1) is 11.3 Å². The van der Waals surface area contributed by atoms with Crippen molar-refractivity contribution in [1.82, 2.24) is 19.4 Å². The van der Waals surface area contributed by atoms with Crippen molar-refractivity contribution in [2.45, 2.75) is 6.61 Å². The Hall–Kier alpha value is -4.69. The summed E-state index contributed by atoms with van der Waals surface area (Å²) in [5.74, 6) is 2.00. The van der Waals surface area contributed by atoms with Crippen molar-refractivity contribution < 1.29 is 9.47 Å². The lowest BCUT2D eigenvalue weighted by Crippen LogP contribution is -2.00. The second kappa shape index (κ2) is 10.1. The van der Waals surface area contributed by atoms with Gasteiger partial charge in [0.2, 0.25) is 5.95 Å². The van der Waals surface area contributed by atoms with Gasteiger partial charge in [-0.1, -0.05) is 42.5 Å². The summed E-state index contributed by atoms with van der Waals surface area (Å²) < 4.78 is 13.5. The smallest absolute Gasteiger partial charge is 0.227 e. The Kier molecular flexibility index (Phi) is 6.22. The fourth-order valence-corrected chi connectivity index (χ4v) is 4.81. The molecule has 3 aromatic heterocycles. The van der Waals surface area contributed by atoms with E-state index in [1.165, 1.54) is 0 Å². The summed E-state index contributed by atoms with van der Waals surface area (Å²) in [5.41, 5.74) is 5.42. The summed E-state index contributed by atoms with van der Waals surface area (Å²) >= 11 is 1.58. The van der Waals surface area contributed by atoms with Crippen LogP contribution in [0.25, 0.3) is 27.6 Å². The van der Waals surface area contributed by atoms with Crippen LogP contribution < -0.4 is 14.8 Å². The Bertz CT molecular complexity index is 1640. The van der Waals surface area contributed by atoms with Crippen LogP contribution in [0.3, 0.4) is 0 Å². The van der Waals surface area contributed by atoms with Gasteiger partial charge in [0.05, 0.1) is 24.2 Å². The van der Waals surface area contributed by atoms with E-state index in [2.05, 4.69) is 26.8 Å². The number of hydrogen-bond acceptors (Lipinski definition) is 7. The number of imidazole rings is 1. The molecule has 0 radical (unpaired) electrons. The highest BCUT2D eigenvalue weighted by Gasteiger charge is 2.19. The molecule has 0 spiro atoms. The molecule has 6 rings (SSSR count). The minimum Gasteiger partial charge on any atom is -0.495 e. The summed E-state index contributed by atoms with van der Waals surface area (Å²) in [6, 6.07) is 27.7. The standard InChI is InChI=1S/C29H23N5O2S/c1-35-25-10-6-5-9-23(25)31-28-30-16-15-24(32-28)27-26(33-29-34(27)17-18-37-29)21-11-13-22(14-12-21)36-19-20-7-3-2-4-8-20/h2-18H,19H2,1H3,(H,30,31,32). The maximum atomic E-state index is 5.97. The number of thiazole rings is 1. The number of nitrogens with zero attached hydrogens (tertiary/aromatic N) is 4. The van der Waals surface area contributed by atoms with E-state index in [0.717, 1.165) is 50.4 Å². The van der Waals surface area contributed by atoms with E-state index in [9.17, 15) is 0 Å². The number of benzene rings is 3. The number of rotatable bonds is 8. The van der Waals surface area contributed by atoms with E-state index in [-0.39, 0.29) is 0 Å². The number of anilines is 2. The largest absolute Gasteiger partial charge is 0.495 e. The molecule has 3 aromatic carbocycles. The summed E-state index contributed by atoms with van der Waals surface area (Å²) in [7, 11) is 1.64. The van der Waals surface area contributed by atoms with Crippen molar-refractivity contribution in [3.8, 4) is 34.1 Å². The van der Waals surface area contributed by atoms with Crippen LogP contribution in [0.5, 0.6) is 11.5 Å². The number of para-hydroxylation sites is 2. The molecule has 0 fully saturated rings. The summed E-state index contributed by atoms with van der Waals surface area (Å²) in [4.78, 5) is 15.1. The number of fused-ring (bicyclic) bond motifs is 1. The van der Waals surface area contributed by atoms with Gasteiger partial charge in [-0.25, -0.2) is 15.0 Å². The number of ether oxygens (including phenoxy) is 2. The lowest BCUT2D eigenvalue weighted by atomic mass is 10.1. The van der Waals surface area contributed by atoms with Crippen LogP contribution in [-0.2, 0) is 6.61 Å². The number of nitrogens with one attached hydrogen (secondary N) is 1. The van der Waals surface area contributed by atoms with Gasteiger partial charge < -0.3 is 14.8 Å². The molecule has 1 N–H and O–H groups in total. The van der Waals surface area contributed by atoms with Crippen molar-refractivity contribution in [2.24, 2.45) is 0 Å². The SMILES string of the molecule is COc1ccccc1Nc1nccc(-c2c(-c3ccc(OCc4ccccc4)cc3)nc3sccn23)n1. The second-order valence-electron chi connectivity index (χ2n) is 8.25. The van der Waals surface area contributed by atoms with E-state index in [4.69, 9.17) is 19.4 Å². The molecule has 6 aromatic rings. The molecule has 0 saturated heterocycles. The van der Waals surface area contributed by atoms with Gasteiger partial charge in [0, 0.05) is 23.3 Å². The monoisotopic (exact) mass is 505 g/mol. The number of aromatic nitrogens is 4. The Balaban J connectivity index is 1.31. The number of methoxy groups -OCH3 is 1. The quantitative estimate of drug-likeness (QED) is 0.244. The van der Waals surface area contributed by atoms with Crippen molar-refractivity contribution >= 4 is 27.9 Å².